The number of carbonyl (C=O) groups excluding carboxylic acids is 1. The molecular formula is C17H21FN2O. The maximum absolute atomic E-state index is 13.5. The van der Waals surface area contributed by atoms with Gasteiger partial charge in [0.2, 0.25) is 0 Å². The van der Waals surface area contributed by atoms with Gasteiger partial charge in [-0.05, 0) is 45.9 Å². The molecule has 0 amide bonds. The fourth-order valence-electron chi connectivity index (χ4n) is 2.73. The van der Waals surface area contributed by atoms with Crippen molar-refractivity contribution in [2.24, 2.45) is 0 Å². The molecule has 0 spiro atoms. The number of hydrogen-bond acceptors (Lipinski definition) is 2. The Kier molecular flexibility index (Phi) is 4.46. The lowest BCUT2D eigenvalue weighted by Crippen LogP contribution is -2.16. The van der Waals surface area contributed by atoms with Crippen molar-refractivity contribution in [2.75, 3.05) is 11.9 Å². The molecule has 21 heavy (non-hydrogen) atoms. The Morgan fingerprint density at radius 2 is 1.95 bits per heavy atom. The van der Waals surface area contributed by atoms with Crippen molar-refractivity contribution in [1.29, 1.82) is 0 Å². The molecule has 0 atom stereocenters. The number of Topliss-reactive ketones (excluding diaryl/α,β-unsaturated/α-hetero) is 1. The first-order valence-electron chi connectivity index (χ1n) is 7.12. The summed E-state index contributed by atoms with van der Waals surface area (Å²) < 4.78 is 15.7. The lowest BCUT2D eigenvalue weighted by Gasteiger charge is -2.13. The van der Waals surface area contributed by atoms with Crippen molar-refractivity contribution < 1.29 is 9.18 Å². The van der Waals surface area contributed by atoms with Crippen molar-refractivity contribution in [3.05, 3.63) is 53.1 Å². The summed E-state index contributed by atoms with van der Waals surface area (Å²) >= 11 is 0. The van der Waals surface area contributed by atoms with Gasteiger partial charge >= 0.3 is 0 Å². The van der Waals surface area contributed by atoms with Crippen LogP contribution < -0.4 is 5.32 Å². The van der Waals surface area contributed by atoms with Crippen LogP contribution in [0.4, 0.5) is 10.1 Å². The van der Waals surface area contributed by atoms with Crippen LogP contribution in [-0.4, -0.2) is 16.9 Å². The van der Waals surface area contributed by atoms with Gasteiger partial charge in [-0.25, -0.2) is 4.39 Å². The Hall–Kier alpha value is -2.10. The van der Waals surface area contributed by atoms with Gasteiger partial charge in [0, 0.05) is 23.0 Å². The van der Waals surface area contributed by atoms with E-state index in [-0.39, 0.29) is 18.1 Å². The number of aryl methyl sites for hydroxylation is 1. The first kappa shape index (κ1) is 15.3. The Balaban J connectivity index is 2.15. The third kappa shape index (κ3) is 3.15. The third-order valence-corrected chi connectivity index (χ3v) is 3.61. The monoisotopic (exact) mass is 288 g/mol. The van der Waals surface area contributed by atoms with E-state index in [9.17, 15) is 9.18 Å². The second kappa shape index (κ2) is 6.12. The molecule has 1 aromatic heterocycles. The zero-order valence-electron chi connectivity index (χ0n) is 12.9. The number of para-hydroxylation sites is 1. The molecule has 1 N–H and O–H groups in total. The van der Waals surface area contributed by atoms with Gasteiger partial charge in [-0.2, -0.15) is 0 Å². The number of nitrogens with one attached hydrogen (secondary N) is 1. The minimum absolute atomic E-state index is 0.0294. The molecule has 2 rings (SSSR count). The Bertz CT molecular complexity index is 659. The second-order valence-corrected chi connectivity index (χ2v) is 5.51. The van der Waals surface area contributed by atoms with Crippen LogP contribution in [0.5, 0.6) is 0 Å². The van der Waals surface area contributed by atoms with Gasteiger partial charge in [0.05, 0.1) is 12.2 Å². The maximum atomic E-state index is 13.5. The maximum Gasteiger partial charge on any atom is 0.183 e. The lowest BCUT2D eigenvalue weighted by atomic mass is 10.1. The van der Waals surface area contributed by atoms with Crippen LogP contribution in [-0.2, 0) is 0 Å². The summed E-state index contributed by atoms with van der Waals surface area (Å²) in [5, 5.41) is 2.86. The fourth-order valence-corrected chi connectivity index (χ4v) is 2.73. The smallest absolute Gasteiger partial charge is 0.183 e. The van der Waals surface area contributed by atoms with Crippen molar-refractivity contribution in [1.82, 2.24) is 4.57 Å². The van der Waals surface area contributed by atoms with Crippen molar-refractivity contribution in [3.8, 4) is 0 Å². The summed E-state index contributed by atoms with van der Waals surface area (Å²) in [6, 6.07) is 8.57. The molecule has 112 valence electrons. The highest BCUT2D eigenvalue weighted by atomic mass is 19.1. The van der Waals surface area contributed by atoms with Crippen LogP contribution >= 0.6 is 0 Å². The van der Waals surface area contributed by atoms with Crippen LogP contribution in [0.25, 0.3) is 0 Å². The highest BCUT2D eigenvalue weighted by molar-refractivity contribution is 6.00. The summed E-state index contributed by atoms with van der Waals surface area (Å²) in [5.41, 5.74) is 3.08. The van der Waals surface area contributed by atoms with Crippen LogP contribution in [0.1, 0.15) is 41.6 Å². The van der Waals surface area contributed by atoms with E-state index in [1.54, 1.807) is 18.2 Å². The average Bonchev–Trinajstić information content (AvgIpc) is 2.73. The molecule has 0 aliphatic rings. The Morgan fingerprint density at radius 1 is 1.29 bits per heavy atom. The number of anilines is 1. The van der Waals surface area contributed by atoms with Crippen LogP contribution in [0.2, 0.25) is 0 Å². The van der Waals surface area contributed by atoms with Gasteiger partial charge in [-0.3, -0.25) is 4.79 Å². The SMILES string of the molecule is Cc1cc(C(=O)CNc2ccccc2F)c(C)n1C(C)C. The van der Waals surface area contributed by atoms with Gasteiger partial charge < -0.3 is 9.88 Å². The van der Waals surface area contributed by atoms with E-state index < -0.39 is 0 Å². The number of rotatable bonds is 5. The molecule has 3 nitrogen and oxygen atoms in total. The van der Waals surface area contributed by atoms with E-state index in [2.05, 4.69) is 23.7 Å². The van der Waals surface area contributed by atoms with E-state index >= 15 is 0 Å². The van der Waals surface area contributed by atoms with E-state index in [0.29, 0.717) is 17.3 Å². The van der Waals surface area contributed by atoms with Crippen LogP contribution in [0, 0.1) is 19.7 Å². The summed E-state index contributed by atoms with van der Waals surface area (Å²) in [6.45, 7) is 8.21. The largest absolute Gasteiger partial charge is 0.375 e. The number of ketones is 1. The number of halogens is 1. The first-order valence-corrected chi connectivity index (χ1v) is 7.12. The molecule has 2 aromatic rings. The molecule has 0 saturated heterocycles. The normalized spacial score (nSPS) is 11.0. The minimum atomic E-state index is -0.349. The molecule has 4 heteroatoms. The molecule has 0 unspecified atom stereocenters. The zero-order valence-corrected chi connectivity index (χ0v) is 12.9. The molecule has 0 fully saturated rings. The number of aromatic nitrogens is 1. The second-order valence-electron chi connectivity index (χ2n) is 5.51. The third-order valence-electron chi connectivity index (χ3n) is 3.61. The molecule has 0 bridgehead atoms. The summed E-state index contributed by atoms with van der Waals surface area (Å²) in [4.78, 5) is 12.3. The van der Waals surface area contributed by atoms with Crippen molar-refractivity contribution >= 4 is 11.5 Å². The summed E-state index contributed by atoms with van der Waals surface area (Å²) in [5.74, 6) is -0.379. The molecule has 0 aliphatic carbocycles. The topological polar surface area (TPSA) is 34.0 Å². The highest BCUT2D eigenvalue weighted by Gasteiger charge is 2.17. The van der Waals surface area contributed by atoms with Gasteiger partial charge in [0.1, 0.15) is 5.82 Å². The van der Waals surface area contributed by atoms with Crippen LogP contribution in [0.15, 0.2) is 30.3 Å². The predicted octanol–water partition coefficient (Wildman–Crippen LogP) is 4.12. The molecular weight excluding hydrogens is 267 g/mol. The van der Waals surface area contributed by atoms with Gasteiger partial charge in [0.25, 0.3) is 0 Å². The van der Waals surface area contributed by atoms with Crippen molar-refractivity contribution in [3.63, 3.8) is 0 Å². The number of carbonyl (C=O) groups is 1. The Labute approximate surface area is 124 Å². The molecule has 1 heterocycles. The predicted molar refractivity (Wildman–Crippen MR) is 83.5 cm³/mol. The van der Waals surface area contributed by atoms with Crippen LogP contribution in [0.3, 0.4) is 0 Å². The standard InChI is InChI=1S/C17H21FN2O/c1-11(2)20-12(3)9-14(13(20)4)17(21)10-19-16-8-6-5-7-15(16)18/h5-9,11,19H,10H2,1-4H3. The molecule has 1 aromatic carbocycles. The molecule has 0 aliphatic heterocycles. The van der Waals surface area contributed by atoms with E-state index in [0.717, 1.165) is 11.4 Å². The number of nitrogens with zero attached hydrogens (tertiary/aromatic N) is 1. The minimum Gasteiger partial charge on any atom is -0.375 e. The highest BCUT2D eigenvalue weighted by Crippen LogP contribution is 2.21. The van der Waals surface area contributed by atoms with Gasteiger partial charge in [-0.15, -0.1) is 0 Å². The van der Waals surface area contributed by atoms with E-state index in [1.165, 1.54) is 6.07 Å². The molecule has 0 saturated carbocycles. The quantitative estimate of drug-likeness (QED) is 0.840. The van der Waals surface area contributed by atoms with Crippen molar-refractivity contribution in [2.45, 2.75) is 33.7 Å². The van der Waals surface area contributed by atoms with E-state index in [4.69, 9.17) is 0 Å². The van der Waals surface area contributed by atoms with Gasteiger partial charge in [-0.1, -0.05) is 12.1 Å². The first-order chi connectivity index (χ1) is 9.91. The average molecular weight is 288 g/mol. The molecule has 0 radical (unpaired) electrons. The number of hydrogen-bond donors (Lipinski definition) is 1. The summed E-state index contributed by atoms with van der Waals surface area (Å²) in [7, 11) is 0. The zero-order chi connectivity index (χ0) is 15.6. The van der Waals surface area contributed by atoms with E-state index in [1.807, 2.05) is 19.9 Å². The summed E-state index contributed by atoms with van der Waals surface area (Å²) in [6.07, 6.45) is 0. The lowest BCUT2D eigenvalue weighted by molar-refractivity contribution is 0.101. The number of benzene rings is 1. The Morgan fingerprint density at radius 3 is 2.52 bits per heavy atom. The van der Waals surface area contributed by atoms with Gasteiger partial charge in [0.15, 0.2) is 5.78 Å². The fraction of sp³-hybridized carbons (Fsp3) is 0.353.